The Morgan fingerprint density at radius 3 is 2.19 bits per heavy atom. The lowest BCUT2D eigenvalue weighted by Crippen LogP contribution is -2.39. The molecule has 4 aromatic rings. The van der Waals surface area contributed by atoms with E-state index < -0.39 is 22.5 Å². The maximum absolute atomic E-state index is 13.7. The monoisotopic (exact) mass is 628 g/mol. The van der Waals surface area contributed by atoms with Gasteiger partial charge in [0.15, 0.2) is 11.5 Å². The zero-order chi connectivity index (χ0) is 30.6. The number of aromatic nitrogens is 1. The second kappa shape index (κ2) is 12.9. The molecule has 4 rings (SSSR count). The van der Waals surface area contributed by atoms with E-state index in [9.17, 15) is 13.2 Å². The van der Waals surface area contributed by atoms with Crippen LogP contribution in [0.5, 0.6) is 11.5 Å². The largest absolute Gasteiger partial charge is 0.493 e. The van der Waals surface area contributed by atoms with Gasteiger partial charge >= 0.3 is 0 Å². The first kappa shape index (κ1) is 31.0. The lowest BCUT2D eigenvalue weighted by Gasteiger charge is -2.24. The molecule has 0 unspecified atom stereocenters. The SMILES string of the molecule is COc1ccc(N(CC(=O)N/N=C\c2cc(C)n(-c3cc(Cl)cc(Cl)c3)c2C)S(=O)(=O)c2ccc(C)cc2)cc1OC. The minimum Gasteiger partial charge on any atom is -0.493 e. The van der Waals surface area contributed by atoms with Gasteiger partial charge in [0, 0.05) is 38.8 Å². The quantitative estimate of drug-likeness (QED) is 0.170. The van der Waals surface area contributed by atoms with Gasteiger partial charge in [0.25, 0.3) is 15.9 Å². The molecule has 1 aromatic heterocycles. The summed E-state index contributed by atoms with van der Waals surface area (Å²) in [6.45, 7) is 5.14. The van der Waals surface area contributed by atoms with E-state index in [2.05, 4.69) is 10.5 Å². The Morgan fingerprint density at radius 1 is 0.929 bits per heavy atom. The highest BCUT2D eigenvalue weighted by Crippen LogP contribution is 2.34. The molecule has 9 nitrogen and oxygen atoms in total. The number of carbonyl (C=O) groups excluding carboxylic acids is 1. The molecular weight excluding hydrogens is 599 g/mol. The number of halogens is 2. The Kier molecular flexibility index (Phi) is 9.50. The molecule has 0 atom stereocenters. The number of carbonyl (C=O) groups is 1. The van der Waals surface area contributed by atoms with Crippen LogP contribution in [-0.4, -0.2) is 45.9 Å². The second-order valence-electron chi connectivity index (χ2n) is 9.45. The highest BCUT2D eigenvalue weighted by molar-refractivity contribution is 7.92. The molecule has 42 heavy (non-hydrogen) atoms. The number of ether oxygens (including phenoxy) is 2. The van der Waals surface area contributed by atoms with Crippen molar-refractivity contribution in [1.29, 1.82) is 0 Å². The van der Waals surface area contributed by atoms with E-state index in [0.717, 1.165) is 32.5 Å². The first-order valence-corrected chi connectivity index (χ1v) is 14.9. The number of aryl methyl sites for hydroxylation is 2. The summed E-state index contributed by atoms with van der Waals surface area (Å²) in [5.41, 5.74) is 6.85. The van der Waals surface area contributed by atoms with Crippen LogP contribution in [0.4, 0.5) is 5.69 Å². The molecule has 0 saturated heterocycles. The standard InChI is InChI=1S/C30H30Cl2N4O5S/c1-19-6-9-27(10-7-19)42(38,39)35(25-8-11-28(40-4)29(16-25)41-5)18-30(37)34-33-17-22-12-20(2)36(21(22)3)26-14-23(31)13-24(32)15-26/h6-17H,18H2,1-5H3,(H,34,37)/b33-17-. The van der Waals surface area contributed by atoms with Gasteiger partial charge in [-0.05, 0) is 69.3 Å². The molecule has 1 N–H and O–H groups in total. The second-order valence-corrected chi connectivity index (χ2v) is 12.2. The lowest BCUT2D eigenvalue weighted by atomic mass is 10.2. The van der Waals surface area contributed by atoms with Crippen molar-refractivity contribution >= 4 is 51.0 Å². The molecule has 0 radical (unpaired) electrons. The van der Waals surface area contributed by atoms with Crippen LogP contribution in [-0.2, 0) is 14.8 Å². The van der Waals surface area contributed by atoms with Crippen molar-refractivity contribution in [2.45, 2.75) is 25.7 Å². The number of rotatable bonds is 10. The van der Waals surface area contributed by atoms with Gasteiger partial charge in [-0.1, -0.05) is 40.9 Å². The van der Waals surface area contributed by atoms with Gasteiger partial charge in [0.1, 0.15) is 6.54 Å². The zero-order valence-corrected chi connectivity index (χ0v) is 26.0. The highest BCUT2D eigenvalue weighted by atomic mass is 35.5. The summed E-state index contributed by atoms with van der Waals surface area (Å²) in [6.07, 6.45) is 1.50. The Bertz CT molecular complexity index is 1730. The maximum Gasteiger partial charge on any atom is 0.264 e. The van der Waals surface area contributed by atoms with Gasteiger partial charge in [-0.2, -0.15) is 5.10 Å². The molecule has 0 saturated carbocycles. The summed E-state index contributed by atoms with van der Waals surface area (Å²) in [6, 6.07) is 18.1. The number of hydrazone groups is 1. The fourth-order valence-corrected chi connectivity index (χ4v) is 6.38. The fraction of sp³-hybridized carbons (Fsp3) is 0.200. The maximum atomic E-state index is 13.7. The van der Waals surface area contributed by atoms with Crippen LogP contribution in [0.15, 0.2) is 76.7 Å². The van der Waals surface area contributed by atoms with Crippen LogP contribution in [0.2, 0.25) is 10.0 Å². The zero-order valence-electron chi connectivity index (χ0n) is 23.7. The number of sulfonamides is 1. The van der Waals surface area contributed by atoms with E-state index in [4.69, 9.17) is 32.7 Å². The van der Waals surface area contributed by atoms with E-state index in [0.29, 0.717) is 21.5 Å². The molecule has 0 fully saturated rings. The van der Waals surface area contributed by atoms with E-state index in [1.54, 1.807) is 42.5 Å². The van der Waals surface area contributed by atoms with Gasteiger partial charge in [0.05, 0.1) is 31.0 Å². The fourth-order valence-electron chi connectivity index (χ4n) is 4.46. The van der Waals surface area contributed by atoms with Crippen molar-refractivity contribution in [2.75, 3.05) is 25.1 Å². The third-order valence-electron chi connectivity index (χ3n) is 6.52. The van der Waals surface area contributed by atoms with Crippen molar-refractivity contribution in [3.05, 3.63) is 99.3 Å². The number of benzene rings is 3. The Labute approximate surface area is 255 Å². The van der Waals surface area contributed by atoms with Crippen LogP contribution in [0, 0.1) is 20.8 Å². The number of anilines is 1. The summed E-state index contributed by atoms with van der Waals surface area (Å²) in [5.74, 6) is 0.0849. The highest BCUT2D eigenvalue weighted by Gasteiger charge is 2.28. The summed E-state index contributed by atoms with van der Waals surface area (Å²) in [5, 5.41) is 5.12. The first-order valence-electron chi connectivity index (χ1n) is 12.7. The summed E-state index contributed by atoms with van der Waals surface area (Å²) in [7, 11) is -1.21. The molecule has 0 bridgehead atoms. The van der Waals surface area contributed by atoms with Gasteiger partial charge in [0.2, 0.25) is 0 Å². The summed E-state index contributed by atoms with van der Waals surface area (Å²) >= 11 is 12.4. The predicted octanol–water partition coefficient (Wildman–Crippen LogP) is 6.07. The van der Waals surface area contributed by atoms with Crippen LogP contribution >= 0.6 is 23.2 Å². The van der Waals surface area contributed by atoms with Crippen molar-refractivity contribution in [1.82, 2.24) is 9.99 Å². The van der Waals surface area contributed by atoms with Gasteiger partial charge in [-0.15, -0.1) is 0 Å². The minimum atomic E-state index is -4.14. The average molecular weight is 630 g/mol. The number of methoxy groups -OCH3 is 2. The Hall–Kier alpha value is -3.99. The van der Waals surface area contributed by atoms with Gasteiger partial charge in [-0.25, -0.2) is 13.8 Å². The van der Waals surface area contributed by atoms with E-state index in [-0.39, 0.29) is 10.6 Å². The molecule has 1 heterocycles. The van der Waals surface area contributed by atoms with E-state index in [1.807, 2.05) is 31.4 Å². The minimum absolute atomic E-state index is 0.0349. The number of amides is 1. The molecule has 0 aliphatic rings. The molecular formula is C30H30Cl2N4O5S. The third-order valence-corrected chi connectivity index (χ3v) is 8.74. The molecule has 0 spiro atoms. The van der Waals surface area contributed by atoms with Gasteiger partial charge < -0.3 is 14.0 Å². The topological polar surface area (TPSA) is 102 Å². The molecule has 0 aliphatic carbocycles. The van der Waals surface area contributed by atoms with E-state index >= 15 is 0 Å². The smallest absolute Gasteiger partial charge is 0.264 e. The van der Waals surface area contributed by atoms with Crippen LogP contribution in [0.3, 0.4) is 0 Å². The number of hydrogen-bond acceptors (Lipinski definition) is 6. The van der Waals surface area contributed by atoms with Crippen molar-refractivity contribution in [3.63, 3.8) is 0 Å². The molecule has 12 heteroatoms. The lowest BCUT2D eigenvalue weighted by molar-refractivity contribution is -0.119. The first-order chi connectivity index (χ1) is 19.9. The molecule has 0 aliphatic heterocycles. The summed E-state index contributed by atoms with van der Waals surface area (Å²) in [4.78, 5) is 13.1. The van der Waals surface area contributed by atoms with Crippen molar-refractivity contribution < 1.29 is 22.7 Å². The Morgan fingerprint density at radius 2 is 1.57 bits per heavy atom. The summed E-state index contributed by atoms with van der Waals surface area (Å²) < 4.78 is 41.0. The van der Waals surface area contributed by atoms with Crippen molar-refractivity contribution in [3.8, 4) is 17.2 Å². The van der Waals surface area contributed by atoms with E-state index in [1.165, 1.54) is 38.6 Å². The number of nitrogens with one attached hydrogen (secondary N) is 1. The molecule has 3 aromatic carbocycles. The van der Waals surface area contributed by atoms with Crippen LogP contribution < -0.4 is 19.2 Å². The molecule has 220 valence electrons. The third kappa shape index (κ3) is 6.73. The van der Waals surface area contributed by atoms with Crippen molar-refractivity contribution in [2.24, 2.45) is 5.10 Å². The van der Waals surface area contributed by atoms with Crippen LogP contribution in [0.1, 0.15) is 22.5 Å². The average Bonchev–Trinajstić information content (AvgIpc) is 3.23. The number of hydrogen-bond donors (Lipinski definition) is 1. The molecule has 1 amide bonds. The Balaban J connectivity index is 1.60. The predicted molar refractivity (Wildman–Crippen MR) is 166 cm³/mol. The number of nitrogens with zero attached hydrogens (tertiary/aromatic N) is 3. The van der Waals surface area contributed by atoms with Crippen LogP contribution in [0.25, 0.3) is 5.69 Å². The normalized spacial score (nSPS) is 11.5. The van der Waals surface area contributed by atoms with Gasteiger partial charge in [-0.3, -0.25) is 9.10 Å².